The smallest absolute Gasteiger partial charge is 0.338 e. The normalized spacial score (nSPS) is 25.8. The highest BCUT2D eigenvalue weighted by atomic mass is 16.5. The maximum atomic E-state index is 13.1. The lowest BCUT2D eigenvalue weighted by atomic mass is 9.73. The number of carbonyl (C=O) groups excluding carboxylic acids is 1. The fraction of sp³-hybridized carbons (Fsp3) is 0.308. The van der Waals surface area contributed by atoms with Crippen molar-refractivity contribution < 1.29 is 14.6 Å². The number of phenols is 1. The van der Waals surface area contributed by atoms with Crippen LogP contribution in [0.3, 0.4) is 0 Å². The van der Waals surface area contributed by atoms with Crippen molar-refractivity contribution in [3.8, 4) is 5.75 Å². The van der Waals surface area contributed by atoms with Gasteiger partial charge in [0.25, 0.3) is 0 Å². The molecule has 3 fully saturated rings. The molecule has 1 aromatic heterocycles. The van der Waals surface area contributed by atoms with Crippen molar-refractivity contribution in [1.29, 1.82) is 0 Å². The standard InChI is InChI=1S/C26H26N2O3/c1-2-17-16-28-13-11-19(17)14-24(28)25(31-26(30)18-6-4-3-5-7-18)21-10-12-27-23-9-8-20(29)15-22(21)23/h2-10,12,15,17,19,24-25,29H,1,11,13-14,16H2/t17-,19-,24+,25+/m0/s1. The molecule has 0 saturated carbocycles. The fourth-order valence-electron chi connectivity index (χ4n) is 5.20. The van der Waals surface area contributed by atoms with E-state index < -0.39 is 6.10 Å². The molecule has 6 rings (SSSR count). The molecule has 2 aromatic carbocycles. The van der Waals surface area contributed by atoms with Gasteiger partial charge in [-0.2, -0.15) is 0 Å². The molecule has 0 spiro atoms. The lowest BCUT2D eigenvalue weighted by molar-refractivity contribution is -0.0568. The van der Waals surface area contributed by atoms with E-state index in [4.69, 9.17) is 4.74 Å². The molecule has 3 aliphatic heterocycles. The average molecular weight is 415 g/mol. The Morgan fingerprint density at radius 3 is 2.81 bits per heavy atom. The molecule has 2 bridgehead atoms. The monoisotopic (exact) mass is 414 g/mol. The minimum absolute atomic E-state index is 0.0792. The number of phenolic OH excluding ortho intramolecular Hbond substituents is 1. The van der Waals surface area contributed by atoms with Gasteiger partial charge in [0.2, 0.25) is 0 Å². The van der Waals surface area contributed by atoms with Gasteiger partial charge in [0.1, 0.15) is 11.9 Å². The van der Waals surface area contributed by atoms with E-state index >= 15 is 0 Å². The van der Waals surface area contributed by atoms with Crippen molar-refractivity contribution >= 4 is 16.9 Å². The second-order valence-corrected chi connectivity index (χ2v) is 8.54. The van der Waals surface area contributed by atoms with Crippen LogP contribution in [0, 0.1) is 11.8 Å². The number of pyridine rings is 1. The predicted molar refractivity (Wildman–Crippen MR) is 120 cm³/mol. The zero-order chi connectivity index (χ0) is 21.4. The van der Waals surface area contributed by atoms with Gasteiger partial charge < -0.3 is 9.84 Å². The van der Waals surface area contributed by atoms with Crippen molar-refractivity contribution in [3.05, 3.63) is 84.6 Å². The van der Waals surface area contributed by atoms with Gasteiger partial charge in [0.15, 0.2) is 0 Å². The number of fused-ring (bicyclic) bond motifs is 4. The Balaban J connectivity index is 1.56. The average Bonchev–Trinajstić information content (AvgIpc) is 2.83. The molecule has 3 aromatic rings. The molecule has 3 saturated heterocycles. The Morgan fingerprint density at radius 1 is 1.23 bits per heavy atom. The molecule has 5 atom stereocenters. The molecule has 1 N–H and O–H groups in total. The maximum absolute atomic E-state index is 13.1. The third-order valence-electron chi connectivity index (χ3n) is 6.81. The summed E-state index contributed by atoms with van der Waals surface area (Å²) >= 11 is 0. The first-order valence-corrected chi connectivity index (χ1v) is 10.8. The Bertz CT molecular complexity index is 1110. The molecule has 0 radical (unpaired) electrons. The number of aromatic nitrogens is 1. The summed E-state index contributed by atoms with van der Waals surface area (Å²) in [5.41, 5.74) is 2.20. The molecule has 31 heavy (non-hydrogen) atoms. The second-order valence-electron chi connectivity index (χ2n) is 8.54. The molecule has 1 unspecified atom stereocenters. The molecular weight excluding hydrogens is 388 g/mol. The largest absolute Gasteiger partial charge is 0.508 e. The van der Waals surface area contributed by atoms with Gasteiger partial charge in [-0.05, 0) is 67.6 Å². The summed E-state index contributed by atoms with van der Waals surface area (Å²) in [6.45, 7) is 5.95. The molecular formula is C26H26N2O3. The van der Waals surface area contributed by atoms with E-state index in [1.165, 1.54) is 0 Å². The van der Waals surface area contributed by atoms with Crippen LogP contribution in [-0.2, 0) is 4.74 Å². The van der Waals surface area contributed by atoms with E-state index in [2.05, 4.69) is 22.5 Å². The van der Waals surface area contributed by atoms with Crippen molar-refractivity contribution in [2.24, 2.45) is 11.8 Å². The summed E-state index contributed by atoms with van der Waals surface area (Å²) in [4.78, 5) is 20.0. The first-order chi connectivity index (χ1) is 15.1. The van der Waals surface area contributed by atoms with Crippen LogP contribution in [0.4, 0.5) is 0 Å². The zero-order valence-electron chi connectivity index (χ0n) is 17.4. The van der Waals surface area contributed by atoms with Crippen LogP contribution in [-0.4, -0.2) is 40.1 Å². The third-order valence-corrected chi connectivity index (χ3v) is 6.81. The first kappa shape index (κ1) is 19.8. The Hall–Kier alpha value is -3.18. The fourth-order valence-corrected chi connectivity index (χ4v) is 5.20. The third kappa shape index (κ3) is 3.70. The summed E-state index contributed by atoms with van der Waals surface area (Å²) in [7, 11) is 0. The van der Waals surface area contributed by atoms with Gasteiger partial charge >= 0.3 is 5.97 Å². The van der Waals surface area contributed by atoms with E-state index in [0.717, 1.165) is 42.4 Å². The number of nitrogens with zero attached hydrogens (tertiary/aromatic N) is 2. The number of esters is 1. The number of piperidine rings is 3. The Kier molecular flexibility index (Phi) is 5.20. The van der Waals surface area contributed by atoms with Crippen LogP contribution in [0.5, 0.6) is 5.75 Å². The van der Waals surface area contributed by atoms with Crippen molar-refractivity contribution in [2.75, 3.05) is 13.1 Å². The number of aromatic hydroxyl groups is 1. The summed E-state index contributed by atoms with van der Waals surface area (Å²) in [5.74, 6) is 0.867. The lowest BCUT2D eigenvalue weighted by Gasteiger charge is -2.51. The number of carbonyl (C=O) groups is 1. The van der Waals surface area contributed by atoms with E-state index in [1.807, 2.05) is 24.3 Å². The van der Waals surface area contributed by atoms with Crippen molar-refractivity contribution in [1.82, 2.24) is 9.88 Å². The maximum Gasteiger partial charge on any atom is 0.338 e. The van der Waals surface area contributed by atoms with Gasteiger partial charge in [-0.15, -0.1) is 6.58 Å². The van der Waals surface area contributed by atoms with Crippen LogP contribution in [0.1, 0.15) is 34.9 Å². The number of ether oxygens (including phenoxy) is 1. The highest BCUT2D eigenvalue weighted by Gasteiger charge is 2.44. The Morgan fingerprint density at radius 2 is 2.06 bits per heavy atom. The molecule has 4 heterocycles. The Labute approximate surface area is 182 Å². The number of rotatable bonds is 5. The quantitative estimate of drug-likeness (QED) is 0.483. The molecule has 5 nitrogen and oxygen atoms in total. The highest BCUT2D eigenvalue weighted by molar-refractivity contribution is 5.90. The molecule has 0 aliphatic carbocycles. The van der Waals surface area contributed by atoms with Gasteiger partial charge in [-0.1, -0.05) is 24.3 Å². The molecule has 158 valence electrons. The van der Waals surface area contributed by atoms with Crippen molar-refractivity contribution in [3.63, 3.8) is 0 Å². The second kappa shape index (κ2) is 8.16. The number of benzene rings is 2. The SMILES string of the molecule is C=C[C@H]1CN2CC[C@H]1C[C@@H]2[C@H](OC(=O)c1ccccc1)c1ccnc2ccc(O)cc12. The number of hydrogen-bond acceptors (Lipinski definition) is 5. The summed E-state index contributed by atoms with van der Waals surface area (Å²) in [6, 6.07) is 16.2. The van der Waals surface area contributed by atoms with Crippen LogP contribution >= 0.6 is 0 Å². The van der Waals surface area contributed by atoms with Gasteiger partial charge in [-0.3, -0.25) is 9.88 Å². The van der Waals surface area contributed by atoms with E-state index in [1.54, 1.807) is 36.5 Å². The minimum Gasteiger partial charge on any atom is -0.508 e. The molecule has 0 amide bonds. The van der Waals surface area contributed by atoms with Crippen LogP contribution < -0.4 is 0 Å². The van der Waals surface area contributed by atoms with Gasteiger partial charge in [0.05, 0.1) is 17.1 Å². The van der Waals surface area contributed by atoms with Crippen molar-refractivity contribution in [2.45, 2.75) is 25.0 Å². The van der Waals surface area contributed by atoms with Crippen LogP contribution in [0.15, 0.2) is 73.4 Å². The molecule has 3 aliphatic rings. The van der Waals surface area contributed by atoms with Gasteiger partial charge in [-0.25, -0.2) is 4.79 Å². The van der Waals surface area contributed by atoms with Crippen LogP contribution in [0.2, 0.25) is 0 Å². The summed E-state index contributed by atoms with van der Waals surface area (Å²) < 4.78 is 6.22. The first-order valence-electron chi connectivity index (χ1n) is 10.8. The number of hydrogen-bond donors (Lipinski definition) is 1. The molecule has 5 heteroatoms. The minimum atomic E-state index is -0.450. The van der Waals surface area contributed by atoms with E-state index in [-0.39, 0.29) is 17.8 Å². The van der Waals surface area contributed by atoms with E-state index in [0.29, 0.717) is 17.4 Å². The summed E-state index contributed by atoms with van der Waals surface area (Å²) in [5, 5.41) is 10.9. The highest BCUT2D eigenvalue weighted by Crippen LogP contribution is 2.43. The lowest BCUT2D eigenvalue weighted by Crippen LogP contribution is -2.55. The van der Waals surface area contributed by atoms with Crippen LogP contribution in [0.25, 0.3) is 10.9 Å². The van der Waals surface area contributed by atoms with Gasteiger partial charge in [0, 0.05) is 23.7 Å². The summed E-state index contributed by atoms with van der Waals surface area (Å²) in [6.07, 6.45) is 5.46. The van der Waals surface area contributed by atoms with E-state index in [9.17, 15) is 9.90 Å². The predicted octanol–water partition coefficient (Wildman–Crippen LogP) is 4.73. The topological polar surface area (TPSA) is 62.7 Å². The zero-order valence-corrected chi connectivity index (χ0v) is 17.4.